The number of aliphatic hydroxyl groups excluding tert-OH is 1. The lowest BCUT2D eigenvalue weighted by molar-refractivity contribution is 0.223. The Kier molecular flexibility index (Phi) is 2.10. The van der Waals surface area contributed by atoms with Crippen LogP contribution >= 0.6 is 0 Å². The quantitative estimate of drug-likeness (QED) is 0.684. The van der Waals surface area contributed by atoms with Crippen LogP contribution in [0.3, 0.4) is 0 Å². The minimum absolute atomic E-state index is 0.0495. The van der Waals surface area contributed by atoms with Crippen molar-refractivity contribution >= 4 is 5.69 Å². The fourth-order valence-electron chi connectivity index (χ4n) is 1.51. The number of rotatable bonds is 1. The monoisotopic (exact) mass is 179 g/mol. The molecule has 3 heteroatoms. The number of ether oxygens (including phenoxy) is 1. The Labute approximate surface area is 77.3 Å². The Morgan fingerprint density at radius 1 is 1.62 bits per heavy atom. The van der Waals surface area contributed by atoms with Crippen molar-refractivity contribution in [1.82, 2.24) is 0 Å². The highest BCUT2D eigenvalue weighted by atomic mass is 16.5. The molecule has 0 saturated carbocycles. The molecule has 0 amide bonds. The van der Waals surface area contributed by atoms with Crippen molar-refractivity contribution in [2.75, 3.05) is 11.9 Å². The third-order valence-corrected chi connectivity index (χ3v) is 2.18. The summed E-state index contributed by atoms with van der Waals surface area (Å²) >= 11 is 0. The van der Waals surface area contributed by atoms with Gasteiger partial charge in [-0.15, -0.1) is 0 Å². The van der Waals surface area contributed by atoms with E-state index in [0.717, 1.165) is 23.5 Å². The van der Waals surface area contributed by atoms with Crippen LogP contribution in [-0.4, -0.2) is 17.8 Å². The summed E-state index contributed by atoms with van der Waals surface area (Å²) in [5.74, 6) is 0.838. The number of hydrogen-bond acceptors (Lipinski definition) is 3. The Bertz CT molecular complexity index is 312. The summed E-state index contributed by atoms with van der Waals surface area (Å²) in [7, 11) is 0. The predicted octanol–water partition coefficient (Wildman–Crippen LogP) is 1.37. The average molecular weight is 179 g/mol. The molecule has 1 aromatic rings. The molecule has 0 spiro atoms. The predicted molar refractivity (Wildman–Crippen MR) is 50.9 cm³/mol. The molecular weight excluding hydrogens is 166 g/mol. The first-order valence-electron chi connectivity index (χ1n) is 4.44. The normalized spacial score (nSPS) is 20.0. The number of benzene rings is 1. The molecular formula is C10H13NO2. The Morgan fingerprint density at radius 3 is 3.23 bits per heavy atom. The minimum atomic E-state index is 0.0495. The third kappa shape index (κ3) is 1.47. The molecule has 0 aliphatic carbocycles. The van der Waals surface area contributed by atoms with Gasteiger partial charge in [0.1, 0.15) is 11.9 Å². The second-order valence-electron chi connectivity index (χ2n) is 3.26. The van der Waals surface area contributed by atoms with Crippen LogP contribution in [0.5, 0.6) is 5.75 Å². The van der Waals surface area contributed by atoms with E-state index in [2.05, 4.69) is 5.32 Å². The lowest BCUT2D eigenvalue weighted by atomic mass is 10.1. The number of fused-ring (bicyclic) bond motifs is 1. The highest BCUT2D eigenvalue weighted by molar-refractivity contribution is 5.63. The lowest BCUT2D eigenvalue weighted by Crippen LogP contribution is -2.28. The maximum absolute atomic E-state index is 9.06. The van der Waals surface area contributed by atoms with E-state index in [1.165, 1.54) is 0 Å². The van der Waals surface area contributed by atoms with Crippen molar-refractivity contribution in [2.24, 2.45) is 0 Å². The highest BCUT2D eigenvalue weighted by Crippen LogP contribution is 2.32. The van der Waals surface area contributed by atoms with Gasteiger partial charge in [0.15, 0.2) is 0 Å². The topological polar surface area (TPSA) is 41.5 Å². The standard InChI is InChI=1S/C10H13NO2/c1-7-5-11-10-8(6-12)3-2-4-9(10)13-7/h2-4,7,11-12H,5-6H2,1H3. The molecule has 1 aliphatic rings. The Balaban J connectivity index is 2.39. The Morgan fingerprint density at radius 2 is 2.46 bits per heavy atom. The molecule has 70 valence electrons. The second-order valence-corrected chi connectivity index (χ2v) is 3.26. The first kappa shape index (κ1) is 8.38. The molecule has 2 N–H and O–H groups in total. The summed E-state index contributed by atoms with van der Waals surface area (Å²) in [5.41, 5.74) is 1.83. The van der Waals surface area contributed by atoms with Gasteiger partial charge in [-0.3, -0.25) is 0 Å². The molecule has 13 heavy (non-hydrogen) atoms. The van der Waals surface area contributed by atoms with Crippen LogP contribution in [0.1, 0.15) is 12.5 Å². The van der Waals surface area contributed by atoms with Crippen molar-refractivity contribution in [3.05, 3.63) is 23.8 Å². The van der Waals surface area contributed by atoms with Crippen LogP contribution in [0.25, 0.3) is 0 Å². The molecule has 3 nitrogen and oxygen atoms in total. The van der Waals surface area contributed by atoms with E-state index in [1.54, 1.807) is 0 Å². The summed E-state index contributed by atoms with van der Waals surface area (Å²) < 4.78 is 5.60. The van der Waals surface area contributed by atoms with E-state index < -0.39 is 0 Å². The molecule has 1 aliphatic heterocycles. The molecule has 1 heterocycles. The molecule has 0 fully saturated rings. The van der Waals surface area contributed by atoms with Crippen molar-refractivity contribution in [3.8, 4) is 5.75 Å². The largest absolute Gasteiger partial charge is 0.487 e. The van der Waals surface area contributed by atoms with Crippen molar-refractivity contribution in [1.29, 1.82) is 0 Å². The van der Waals surface area contributed by atoms with Crippen LogP contribution < -0.4 is 10.1 Å². The zero-order valence-electron chi connectivity index (χ0n) is 7.58. The molecule has 1 aromatic carbocycles. The number of anilines is 1. The van der Waals surface area contributed by atoms with Crippen molar-refractivity contribution in [3.63, 3.8) is 0 Å². The number of para-hydroxylation sites is 1. The summed E-state index contributed by atoms with van der Waals surface area (Å²) in [6.45, 7) is 2.86. The smallest absolute Gasteiger partial charge is 0.143 e. The second kappa shape index (κ2) is 3.26. The van der Waals surface area contributed by atoms with Gasteiger partial charge in [0.05, 0.1) is 18.8 Å². The zero-order valence-corrected chi connectivity index (χ0v) is 7.58. The van der Waals surface area contributed by atoms with Gasteiger partial charge in [-0.05, 0) is 13.0 Å². The molecule has 0 aromatic heterocycles. The van der Waals surface area contributed by atoms with Crippen LogP contribution in [0.2, 0.25) is 0 Å². The summed E-state index contributed by atoms with van der Waals surface area (Å²) in [6.07, 6.45) is 0.196. The molecule has 0 radical (unpaired) electrons. The van der Waals surface area contributed by atoms with E-state index in [0.29, 0.717) is 0 Å². The first-order valence-corrected chi connectivity index (χ1v) is 4.44. The van der Waals surface area contributed by atoms with E-state index in [4.69, 9.17) is 9.84 Å². The van der Waals surface area contributed by atoms with Crippen molar-refractivity contribution < 1.29 is 9.84 Å². The number of nitrogens with one attached hydrogen (secondary N) is 1. The molecule has 0 saturated heterocycles. The summed E-state index contributed by atoms with van der Waals surface area (Å²) in [4.78, 5) is 0. The van der Waals surface area contributed by atoms with Crippen LogP contribution in [0, 0.1) is 0 Å². The van der Waals surface area contributed by atoms with Gasteiger partial charge in [0.2, 0.25) is 0 Å². The van der Waals surface area contributed by atoms with Gasteiger partial charge in [-0.25, -0.2) is 0 Å². The third-order valence-electron chi connectivity index (χ3n) is 2.18. The van der Waals surface area contributed by atoms with Crippen molar-refractivity contribution in [2.45, 2.75) is 19.6 Å². The van der Waals surface area contributed by atoms with Gasteiger partial charge < -0.3 is 15.2 Å². The van der Waals surface area contributed by atoms with Gasteiger partial charge in [-0.2, -0.15) is 0 Å². The van der Waals surface area contributed by atoms with Gasteiger partial charge >= 0.3 is 0 Å². The summed E-state index contributed by atoms with van der Waals surface area (Å²) in [5, 5.41) is 12.3. The van der Waals surface area contributed by atoms with Gasteiger partial charge in [-0.1, -0.05) is 12.1 Å². The molecule has 0 bridgehead atoms. The van der Waals surface area contributed by atoms with Crippen LogP contribution in [0.15, 0.2) is 18.2 Å². The van der Waals surface area contributed by atoms with Gasteiger partial charge in [0, 0.05) is 5.56 Å². The average Bonchev–Trinajstić information content (AvgIpc) is 2.16. The van der Waals surface area contributed by atoms with E-state index in [9.17, 15) is 0 Å². The van der Waals surface area contributed by atoms with E-state index in [-0.39, 0.29) is 12.7 Å². The fourth-order valence-corrected chi connectivity index (χ4v) is 1.51. The zero-order chi connectivity index (χ0) is 9.26. The maximum Gasteiger partial charge on any atom is 0.143 e. The van der Waals surface area contributed by atoms with Crippen LogP contribution in [-0.2, 0) is 6.61 Å². The van der Waals surface area contributed by atoms with Crippen LogP contribution in [0.4, 0.5) is 5.69 Å². The van der Waals surface area contributed by atoms with E-state index >= 15 is 0 Å². The molecule has 1 unspecified atom stereocenters. The Hall–Kier alpha value is -1.22. The SMILES string of the molecule is CC1CNc2c(CO)cccc2O1. The molecule has 2 rings (SSSR count). The first-order chi connectivity index (χ1) is 6.31. The molecule has 1 atom stereocenters. The lowest BCUT2D eigenvalue weighted by Gasteiger charge is -2.26. The summed E-state index contributed by atoms with van der Waals surface area (Å²) in [6, 6.07) is 5.70. The number of aliphatic hydroxyl groups is 1. The van der Waals surface area contributed by atoms with Gasteiger partial charge in [0.25, 0.3) is 0 Å². The van der Waals surface area contributed by atoms with E-state index in [1.807, 2.05) is 25.1 Å². The minimum Gasteiger partial charge on any atom is -0.487 e. The number of hydrogen-bond donors (Lipinski definition) is 2. The fraction of sp³-hybridized carbons (Fsp3) is 0.400. The highest BCUT2D eigenvalue weighted by Gasteiger charge is 2.17. The maximum atomic E-state index is 9.06.